The maximum Gasteiger partial charge on any atom is 0.194 e. The summed E-state index contributed by atoms with van der Waals surface area (Å²) in [5, 5.41) is 3.32. The van der Waals surface area contributed by atoms with Gasteiger partial charge in [-0.1, -0.05) is 12.1 Å². The molecule has 1 N–H and O–H groups in total. The highest BCUT2D eigenvalue weighted by atomic mass is 19.1. The predicted molar refractivity (Wildman–Crippen MR) is 98.2 cm³/mol. The Labute approximate surface area is 149 Å². The van der Waals surface area contributed by atoms with Crippen LogP contribution >= 0.6 is 0 Å². The Morgan fingerprint density at radius 1 is 1.48 bits per heavy atom. The average molecular weight is 348 g/mol. The fourth-order valence-electron chi connectivity index (χ4n) is 3.64. The molecule has 0 amide bonds. The van der Waals surface area contributed by atoms with E-state index in [-0.39, 0.29) is 11.9 Å². The van der Waals surface area contributed by atoms with Crippen molar-refractivity contribution in [1.82, 2.24) is 15.1 Å². The Balaban J connectivity index is 1.58. The summed E-state index contributed by atoms with van der Waals surface area (Å²) in [6.07, 6.45) is 2.70. The topological polar surface area (TPSA) is 40.1 Å². The number of nitrogens with zero attached hydrogens (tertiary/aromatic N) is 3. The number of rotatable bonds is 5. The number of benzene rings is 1. The van der Waals surface area contributed by atoms with Crippen LogP contribution in [0.4, 0.5) is 4.39 Å². The maximum absolute atomic E-state index is 13.4. The van der Waals surface area contributed by atoms with Gasteiger partial charge < -0.3 is 15.0 Å². The van der Waals surface area contributed by atoms with E-state index in [9.17, 15) is 4.39 Å². The molecule has 2 heterocycles. The minimum atomic E-state index is -0.205. The second-order valence-electron chi connectivity index (χ2n) is 6.93. The molecule has 0 aliphatic carbocycles. The summed E-state index contributed by atoms with van der Waals surface area (Å²) in [5.74, 6) is 0.627. The summed E-state index contributed by atoms with van der Waals surface area (Å²) in [6.45, 7) is 7.11. The van der Waals surface area contributed by atoms with E-state index in [1.165, 1.54) is 25.5 Å². The van der Waals surface area contributed by atoms with Crippen LogP contribution in [0.25, 0.3) is 0 Å². The molecule has 2 unspecified atom stereocenters. The zero-order valence-corrected chi connectivity index (χ0v) is 15.2. The number of ether oxygens (including phenoxy) is 1. The van der Waals surface area contributed by atoms with Gasteiger partial charge in [0.2, 0.25) is 0 Å². The number of fused-ring (bicyclic) bond motifs is 1. The summed E-state index contributed by atoms with van der Waals surface area (Å²) in [5.41, 5.74) is 0.932. The molecule has 25 heavy (non-hydrogen) atoms. The van der Waals surface area contributed by atoms with Crippen molar-refractivity contribution in [3.8, 4) is 0 Å². The van der Waals surface area contributed by atoms with Gasteiger partial charge in [0.25, 0.3) is 0 Å². The van der Waals surface area contributed by atoms with Crippen molar-refractivity contribution in [2.75, 3.05) is 39.8 Å². The second-order valence-corrected chi connectivity index (χ2v) is 6.93. The fourth-order valence-corrected chi connectivity index (χ4v) is 3.64. The van der Waals surface area contributed by atoms with Crippen molar-refractivity contribution >= 4 is 5.96 Å². The molecule has 0 bridgehead atoms. The zero-order chi connectivity index (χ0) is 17.6. The number of halogens is 1. The highest BCUT2D eigenvalue weighted by Gasteiger charge is 2.32. The largest absolute Gasteiger partial charge is 0.373 e. The molecule has 0 radical (unpaired) electrons. The van der Waals surface area contributed by atoms with Gasteiger partial charge in [-0.2, -0.15) is 0 Å². The first-order valence-electron chi connectivity index (χ1n) is 9.25. The Hall–Kier alpha value is -1.66. The van der Waals surface area contributed by atoms with Crippen molar-refractivity contribution in [2.24, 2.45) is 4.99 Å². The average Bonchev–Trinajstić information content (AvgIpc) is 3.06. The zero-order valence-electron chi connectivity index (χ0n) is 15.2. The van der Waals surface area contributed by atoms with Gasteiger partial charge in [-0.3, -0.25) is 9.89 Å². The molecule has 3 rings (SSSR count). The predicted octanol–water partition coefficient (Wildman–Crippen LogP) is 2.09. The molecular formula is C19H29FN4O. The van der Waals surface area contributed by atoms with E-state index < -0.39 is 0 Å². The molecule has 0 spiro atoms. The van der Waals surface area contributed by atoms with Crippen LogP contribution in [0.2, 0.25) is 0 Å². The van der Waals surface area contributed by atoms with E-state index in [1.807, 2.05) is 18.0 Å². The van der Waals surface area contributed by atoms with Gasteiger partial charge >= 0.3 is 0 Å². The van der Waals surface area contributed by atoms with Crippen LogP contribution in [0, 0.1) is 5.82 Å². The van der Waals surface area contributed by atoms with Gasteiger partial charge in [0.1, 0.15) is 5.82 Å². The first kappa shape index (κ1) is 18.1. The van der Waals surface area contributed by atoms with Gasteiger partial charge in [-0.15, -0.1) is 0 Å². The van der Waals surface area contributed by atoms with E-state index in [0.717, 1.165) is 31.2 Å². The first-order valence-corrected chi connectivity index (χ1v) is 9.25. The maximum atomic E-state index is 13.4. The molecule has 138 valence electrons. The van der Waals surface area contributed by atoms with E-state index in [2.05, 4.69) is 17.1 Å². The van der Waals surface area contributed by atoms with Crippen LogP contribution in [-0.2, 0) is 11.3 Å². The van der Waals surface area contributed by atoms with Crippen LogP contribution in [0.3, 0.4) is 0 Å². The molecule has 6 heteroatoms. The highest BCUT2D eigenvalue weighted by molar-refractivity contribution is 5.79. The van der Waals surface area contributed by atoms with Crippen LogP contribution < -0.4 is 5.32 Å². The van der Waals surface area contributed by atoms with Crippen molar-refractivity contribution < 1.29 is 9.13 Å². The Kier molecular flexibility index (Phi) is 6.26. The normalized spacial score (nSPS) is 24.2. The minimum absolute atomic E-state index is 0.158. The second kappa shape index (κ2) is 8.63. The summed E-state index contributed by atoms with van der Waals surface area (Å²) in [4.78, 5) is 9.32. The minimum Gasteiger partial charge on any atom is -0.373 e. The first-order chi connectivity index (χ1) is 12.2. The number of hydrogen-bond donors (Lipinski definition) is 1. The summed E-state index contributed by atoms with van der Waals surface area (Å²) in [6, 6.07) is 7.32. The number of aliphatic imine (C=N–C) groups is 1. The quantitative estimate of drug-likeness (QED) is 0.653. The summed E-state index contributed by atoms with van der Waals surface area (Å²) in [7, 11) is 1.98. The van der Waals surface area contributed by atoms with E-state index >= 15 is 0 Å². The van der Waals surface area contributed by atoms with E-state index in [4.69, 9.17) is 9.73 Å². The van der Waals surface area contributed by atoms with Crippen molar-refractivity contribution in [3.63, 3.8) is 0 Å². The lowest BCUT2D eigenvalue weighted by Gasteiger charge is -2.34. The van der Waals surface area contributed by atoms with E-state index in [1.54, 1.807) is 12.1 Å². The van der Waals surface area contributed by atoms with Crippen LogP contribution in [0.15, 0.2) is 29.3 Å². The smallest absolute Gasteiger partial charge is 0.194 e. The lowest BCUT2D eigenvalue weighted by atomic mass is 10.2. The molecule has 2 aliphatic rings. The molecule has 1 aromatic carbocycles. The number of guanidine groups is 1. The van der Waals surface area contributed by atoms with Crippen LogP contribution in [0.5, 0.6) is 0 Å². The molecule has 2 atom stereocenters. The SMILES string of the molecule is CCNC(=NCC1CN2CCCC2CO1)N(C)Cc1cccc(F)c1. The van der Waals surface area contributed by atoms with Gasteiger partial charge in [0, 0.05) is 32.7 Å². The number of hydrogen-bond acceptors (Lipinski definition) is 3. The molecule has 2 aliphatic heterocycles. The van der Waals surface area contributed by atoms with Crippen molar-refractivity contribution in [2.45, 2.75) is 38.5 Å². The summed E-state index contributed by atoms with van der Waals surface area (Å²) >= 11 is 0. The van der Waals surface area contributed by atoms with Crippen LogP contribution in [-0.4, -0.2) is 67.7 Å². The third kappa shape index (κ3) is 4.92. The molecule has 0 aromatic heterocycles. The lowest BCUT2D eigenvalue weighted by molar-refractivity contribution is -0.0432. The highest BCUT2D eigenvalue weighted by Crippen LogP contribution is 2.22. The molecular weight excluding hydrogens is 319 g/mol. The van der Waals surface area contributed by atoms with Crippen molar-refractivity contribution in [1.29, 1.82) is 0 Å². The fraction of sp³-hybridized carbons (Fsp3) is 0.632. The van der Waals surface area contributed by atoms with Gasteiger partial charge in [-0.25, -0.2) is 4.39 Å². The molecule has 2 fully saturated rings. The number of morpholine rings is 1. The van der Waals surface area contributed by atoms with E-state index in [0.29, 0.717) is 19.1 Å². The monoisotopic (exact) mass is 348 g/mol. The molecule has 2 saturated heterocycles. The molecule has 0 saturated carbocycles. The Morgan fingerprint density at radius 2 is 2.36 bits per heavy atom. The Morgan fingerprint density at radius 3 is 3.16 bits per heavy atom. The van der Waals surface area contributed by atoms with Crippen LogP contribution in [0.1, 0.15) is 25.3 Å². The van der Waals surface area contributed by atoms with Gasteiger partial charge in [0.05, 0.1) is 19.3 Å². The lowest BCUT2D eigenvalue weighted by Crippen LogP contribution is -2.47. The standard InChI is InChI=1S/C19H29FN4O/c1-3-21-19(23(2)12-15-6-4-7-16(20)10-15)22-11-18-13-24-9-5-8-17(24)14-25-18/h4,6-7,10,17-18H,3,5,8-9,11-14H2,1-2H3,(H,21,22). The van der Waals surface area contributed by atoms with Crippen molar-refractivity contribution in [3.05, 3.63) is 35.6 Å². The van der Waals surface area contributed by atoms with Gasteiger partial charge in [-0.05, 0) is 44.0 Å². The molecule has 1 aromatic rings. The summed E-state index contributed by atoms with van der Waals surface area (Å²) < 4.78 is 19.4. The Bertz CT molecular complexity index is 595. The number of nitrogens with one attached hydrogen (secondary N) is 1. The van der Waals surface area contributed by atoms with Gasteiger partial charge in [0.15, 0.2) is 5.96 Å². The third-order valence-corrected chi connectivity index (χ3v) is 4.91. The molecule has 5 nitrogen and oxygen atoms in total. The third-order valence-electron chi connectivity index (χ3n) is 4.91.